The standard InChI is InChI=1S/C12H23NO/c1-10(8-11(2)14)13-9-12-6-4-3-5-7-12/h9-11,13-14H,3-8H2,1-2H3. The molecule has 0 amide bonds. The second kappa shape index (κ2) is 6.07. The second-order valence-electron chi connectivity index (χ2n) is 4.52. The van der Waals surface area contributed by atoms with Gasteiger partial charge < -0.3 is 10.4 Å². The van der Waals surface area contributed by atoms with E-state index in [-0.39, 0.29) is 6.10 Å². The maximum atomic E-state index is 9.20. The first-order chi connectivity index (χ1) is 6.68. The summed E-state index contributed by atoms with van der Waals surface area (Å²) in [4.78, 5) is 0. The van der Waals surface area contributed by atoms with Gasteiger partial charge in [0.2, 0.25) is 0 Å². The third-order valence-corrected chi connectivity index (χ3v) is 2.76. The Morgan fingerprint density at radius 3 is 2.50 bits per heavy atom. The van der Waals surface area contributed by atoms with Crippen molar-refractivity contribution in [1.82, 2.24) is 5.32 Å². The van der Waals surface area contributed by atoms with Crippen LogP contribution in [-0.4, -0.2) is 17.3 Å². The van der Waals surface area contributed by atoms with Gasteiger partial charge in [0, 0.05) is 6.04 Å². The number of hydrogen-bond donors (Lipinski definition) is 2. The van der Waals surface area contributed by atoms with Crippen molar-refractivity contribution in [3.8, 4) is 0 Å². The number of aliphatic hydroxyl groups excluding tert-OH is 1. The zero-order chi connectivity index (χ0) is 10.4. The minimum absolute atomic E-state index is 0.206. The van der Waals surface area contributed by atoms with Crippen LogP contribution >= 0.6 is 0 Å². The van der Waals surface area contributed by atoms with Crippen LogP contribution in [0.15, 0.2) is 11.8 Å². The van der Waals surface area contributed by atoms with Crippen LogP contribution in [0.2, 0.25) is 0 Å². The van der Waals surface area contributed by atoms with E-state index < -0.39 is 0 Å². The summed E-state index contributed by atoms with van der Waals surface area (Å²) in [5.41, 5.74) is 1.55. The highest BCUT2D eigenvalue weighted by Gasteiger charge is 2.06. The largest absolute Gasteiger partial charge is 0.393 e. The highest BCUT2D eigenvalue weighted by molar-refractivity contribution is 5.03. The Kier molecular flexibility index (Phi) is 5.02. The zero-order valence-corrected chi connectivity index (χ0v) is 9.42. The van der Waals surface area contributed by atoms with E-state index in [0.717, 1.165) is 6.42 Å². The molecule has 0 aliphatic heterocycles. The minimum atomic E-state index is -0.206. The first-order valence-corrected chi connectivity index (χ1v) is 5.80. The van der Waals surface area contributed by atoms with Crippen molar-refractivity contribution in [3.05, 3.63) is 11.8 Å². The molecule has 0 aromatic carbocycles. The maximum Gasteiger partial charge on any atom is 0.0531 e. The molecule has 2 nitrogen and oxygen atoms in total. The molecule has 0 bridgehead atoms. The summed E-state index contributed by atoms with van der Waals surface area (Å²) in [7, 11) is 0. The lowest BCUT2D eigenvalue weighted by Gasteiger charge is -2.17. The Labute approximate surface area is 87.4 Å². The first-order valence-electron chi connectivity index (χ1n) is 5.80. The molecule has 2 unspecified atom stereocenters. The van der Waals surface area contributed by atoms with Crippen molar-refractivity contribution < 1.29 is 5.11 Å². The van der Waals surface area contributed by atoms with Crippen molar-refractivity contribution in [2.45, 2.75) is 64.5 Å². The van der Waals surface area contributed by atoms with Crippen LogP contribution in [-0.2, 0) is 0 Å². The third kappa shape index (κ3) is 4.66. The number of aliphatic hydroxyl groups is 1. The van der Waals surface area contributed by atoms with Gasteiger partial charge in [-0.25, -0.2) is 0 Å². The van der Waals surface area contributed by atoms with E-state index in [0.29, 0.717) is 6.04 Å². The quantitative estimate of drug-likeness (QED) is 0.726. The predicted octanol–water partition coefficient (Wildman–Crippen LogP) is 2.58. The molecule has 2 heteroatoms. The third-order valence-electron chi connectivity index (χ3n) is 2.76. The molecular weight excluding hydrogens is 174 g/mol. The van der Waals surface area contributed by atoms with Crippen LogP contribution in [0.5, 0.6) is 0 Å². The summed E-state index contributed by atoms with van der Waals surface area (Å²) >= 11 is 0. The maximum absolute atomic E-state index is 9.20. The van der Waals surface area contributed by atoms with E-state index in [1.54, 1.807) is 5.57 Å². The highest BCUT2D eigenvalue weighted by Crippen LogP contribution is 2.21. The molecule has 0 spiro atoms. The molecule has 1 saturated carbocycles. The molecule has 1 fully saturated rings. The Morgan fingerprint density at radius 1 is 1.29 bits per heavy atom. The summed E-state index contributed by atoms with van der Waals surface area (Å²) in [6.45, 7) is 3.96. The molecule has 0 saturated heterocycles. The summed E-state index contributed by atoms with van der Waals surface area (Å²) in [6, 6.07) is 0.379. The second-order valence-corrected chi connectivity index (χ2v) is 4.52. The monoisotopic (exact) mass is 197 g/mol. The van der Waals surface area contributed by atoms with Crippen LogP contribution in [0.4, 0.5) is 0 Å². The SMILES string of the molecule is CC(O)CC(C)NC=C1CCCCC1. The molecule has 0 radical (unpaired) electrons. The van der Waals surface area contributed by atoms with Gasteiger partial charge in [-0.15, -0.1) is 0 Å². The average Bonchev–Trinajstić information content (AvgIpc) is 2.15. The lowest BCUT2D eigenvalue weighted by atomic mass is 9.96. The van der Waals surface area contributed by atoms with Gasteiger partial charge in [0.15, 0.2) is 0 Å². The first kappa shape index (κ1) is 11.6. The number of rotatable bonds is 4. The van der Waals surface area contributed by atoms with Crippen molar-refractivity contribution in [3.63, 3.8) is 0 Å². The van der Waals surface area contributed by atoms with Crippen molar-refractivity contribution in [2.75, 3.05) is 0 Å². The molecular formula is C12H23NO. The van der Waals surface area contributed by atoms with Crippen molar-refractivity contribution >= 4 is 0 Å². The molecule has 2 N–H and O–H groups in total. The number of nitrogens with one attached hydrogen (secondary N) is 1. The molecule has 14 heavy (non-hydrogen) atoms. The predicted molar refractivity (Wildman–Crippen MR) is 60.1 cm³/mol. The van der Waals surface area contributed by atoms with E-state index in [4.69, 9.17) is 0 Å². The van der Waals surface area contributed by atoms with Gasteiger partial charge in [0.1, 0.15) is 0 Å². The van der Waals surface area contributed by atoms with E-state index in [9.17, 15) is 5.11 Å². The molecule has 2 atom stereocenters. The topological polar surface area (TPSA) is 32.3 Å². The van der Waals surface area contributed by atoms with Gasteiger partial charge in [-0.05, 0) is 52.2 Å². The van der Waals surface area contributed by atoms with Gasteiger partial charge in [-0.2, -0.15) is 0 Å². The fraction of sp³-hybridized carbons (Fsp3) is 0.833. The van der Waals surface area contributed by atoms with Gasteiger partial charge in [0.25, 0.3) is 0 Å². The summed E-state index contributed by atoms with van der Waals surface area (Å²) < 4.78 is 0. The Balaban J connectivity index is 2.22. The average molecular weight is 197 g/mol. The van der Waals surface area contributed by atoms with Crippen molar-refractivity contribution in [1.29, 1.82) is 0 Å². The highest BCUT2D eigenvalue weighted by atomic mass is 16.3. The Hall–Kier alpha value is -0.500. The summed E-state index contributed by atoms with van der Waals surface area (Å²) in [6.07, 6.45) is 9.39. The number of hydrogen-bond acceptors (Lipinski definition) is 2. The fourth-order valence-electron chi connectivity index (χ4n) is 1.99. The van der Waals surface area contributed by atoms with E-state index in [2.05, 4.69) is 18.4 Å². The van der Waals surface area contributed by atoms with Gasteiger partial charge >= 0.3 is 0 Å². The fourth-order valence-corrected chi connectivity index (χ4v) is 1.99. The lowest BCUT2D eigenvalue weighted by Crippen LogP contribution is -2.25. The molecule has 0 heterocycles. The van der Waals surface area contributed by atoms with Gasteiger partial charge in [-0.1, -0.05) is 12.0 Å². The Bertz CT molecular complexity index is 179. The van der Waals surface area contributed by atoms with Crippen molar-refractivity contribution in [2.24, 2.45) is 0 Å². The van der Waals surface area contributed by atoms with Crippen LogP contribution < -0.4 is 5.32 Å². The lowest BCUT2D eigenvalue weighted by molar-refractivity contribution is 0.173. The summed E-state index contributed by atoms with van der Waals surface area (Å²) in [5, 5.41) is 12.6. The van der Waals surface area contributed by atoms with E-state index in [1.807, 2.05) is 6.92 Å². The normalized spacial score (nSPS) is 21.5. The zero-order valence-electron chi connectivity index (χ0n) is 9.42. The van der Waals surface area contributed by atoms with E-state index >= 15 is 0 Å². The van der Waals surface area contributed by atoms with Crippen LogP contribution in [0.25, 0.3) is 0 Å². The van der Waals surface area contributed by atoms with E-state index in [1.165, 1.54) is 32.1 Å². The molecule has 1 aliphatic carbocycles. The van der Waals surface area contributed by atoms with Gasteiger partial charge in [-0.3, -0.25) is 0 Å². The number of allylic oxidation sites excluding steroid dienone is 1. The summed E-state index contributed by atoms with van der Waals surface area (Å²) in [5.74, 6) is 0. The Morgan fingerprint density at radius 2 is 1.93 bits per heavy atom. The van der Waals surface area contributed by atoms with Gasteiger partial charge in [0.05, 0.1) is 6.10 Å². The van der Waals surface area contributed by atoms with Crippen LogP contribution in [0.3, 0.4) is 0 Å². The smallest absolute Gasteiger partial charge is 0.0531 e. The molecule has 0 aromatic heterocycles. The molecule has 0 aromatic rings. The van der Waals surface area contributed by atoms with Crippen LogP contribution in [0, 0.1) is 0 Å². The molecule has 1 aliphatic rings. The molecule has 82 valence electrons. The minimum Gasteiger partial charge on any atom is -0.393 e. The van der Waals surface area contributed by atoms with Crippen LogP contribution in [0.1, 0.15) is 52.4 Å². The molecule has 1 rings (SSSR count).